The molecule has 7 heteroatoms. The molecule has 2 rings (SSSR count). The van der Waals surface area contributed by atoms with Gasteiger partial charge in [0.2, 0.25) is 10.0 Å². The van der Waals surface area contributed by atoms with E-state index in [0.29, 0.717) is 17.0 Å². The molecule has 0 aliphatic heterocycles. The average molecular weight is 325 g/mol. The molecule has 1 aromatic heterocycles. The molecule has 0 saturated carbocycles. The van der Waals surface area contributed by atoms with E-state index in [0.717, 1.165) is 19.3 Å². The van der Waals surface area contributed by atoms with Gasteiger partial charge in [-0.3, -0.25) is 0 Å². The molecule has 0 spiro atoms. The molecule has 0 radical (unpaired) electrons. The van der Waals surface area contributed by atoms with E-state index >= 15 is 0 Å². The standard InChI is InChI=1S/C15H23N3O3S/c1-10(2)5-4-6-11(3)18-22(20,21)12-7-8-13-14(9-12)17-15(19)16-13/h7-11,18H,4-6H2,1-3H3,(H2,16,17,19)/t11-/m0/s1. The van der Waals surface area contributed by atoms with Gasteiger partial charge >= 0.3 is 5.69 Å². The van der Waals surface area contributed by atoms with Crippen molar-refractivity contribution in [3.8, 4) is 0 Å². The summed E-state index contributed by atoms with van der Waals surface area (Å²) in [6.07, 6.45) is 2.88. The molecule has 1 heterocycles. The van der Waals surface area contributed by atoms with Crippen LogP contribution in [-0.4, -0.2) is 24.4 Å². The van der Waals surface area contributed by atoms with Crippen LogP contribution in [0.25, 0.3) is 11.0 Å². The Labute approximate surface area is 130 Å². The molecule has 6 nitrogen and oxygen atoms in total. The fraction of sp³-hybridized carbons (Fsp3) is 0.533. The van der Waals surface area contributed by atoms with Crippen molar-refractivity contribution in [2.24, 2.45) is 5.92 Å². The third-order valence-electron chi connectivity index (χ3n) is 3.57. The summed E-state index contributed by atoms with van der Waals surface area (Å²) < 4.78 is 27.4. The van der Waals surface area contributed by atoms with Gasteiger partial charge < -0.3 is 9.97 Å². The SMILES string of the molecule is CC(C)CCC[C@H](C)NS(=O)(=O)c1ccc2[nH]c(=O)[nH]c2c1. The molecule has 0 bridgehead atoms. The Balaban J connectivity index is 2.09. The van der Waals surface area contributed by atoms with Crippen LogP contribution in [0.3, 0.4) is 0 Å². The Morgan fingerprint density at radius 3 is 2.45 bits per heavy atom. The third-order valence-corrected chi connectivity index (χ3v) is 5.16. The van der Waals surface area contributed by atoms with Crippen molar-refractivity contribution in [2.45, 2.75) is 51.0 Å². The first-order valence-electron chi connectivity index (χ1n) is 7.52. The molecule has 1 aromatic carbocycles. The van der Waals surface area contributed by atoms with Crippen LogP contribution in [0, 0.1) is 5.92 Å². The van der Waals surface area contributed by atoms with Gasteiger partial charge in [0, 0.05) is 6.04 Å². The van der Waals surface area contributed by atoms with E-state index in [1.165, 1.54) is 12.1 Å². The maximum absolute atomic E-state index is 12.4. The summed E-state index contributed by atoms with van der Waals surface area (Å²) in [6, 6.07) is 4.43. The zero-order valence-electron chi connectivity index (χ0n) is 13.1. The zero-order valence-corrected chi connectivity index (χ0v) is 14.0. The van der Waals surface area contributed by atoms with E-state index in [2.05, 4.69) is 28.5 Å². The molecule has 22 heavy (non-hydrogen) atoms. The topological polar surface area (TPSA) is 94.8 Å². The highest BCUT2D eigenvalue weighted by Crippen LogP contribution is 2.16. The minimum Gasteiger partial charge on any atom is -0.306 e. The zero-order chi connectivity index (χ0) is 16.3. The van der Waals surface area contributed by atoms with Gasteiger partial charge in [0.25, 0.3) is 0 Å². The van der Waals surface area contributed by atoms with Crippen molar-refractivity contribution >= 4 is 21.1 Å². The highest BCUT2D eigenvalue weighted by atomic mass is 32.2. The summed E-state index contributed by atoms with van der Waals surface area (Å²) in [5.41, 5.74) is 0.730. The first kappa shape index (κ1) is 16.8. The van der Waals surface area contributed by atoms with Gasteiger partial charge in [0.05, 0.1) is 15.9 Å². The van der Waals surface area contributed by atoms with Crippen LogP contribution in [0.15, 0.2) is 27.9 Å². The molecular weight excluding hydrogens is 302 g/mol. The second-order valence-electron chi connectivity index (χ2n) is 6.13. The van der Waals surface area contributed by atoms with Crippen LogP contribution < -0.4 is 10.4 Å². The first-order valence-corrected chi connectivity index (χ1v) is 9.00. The van der Waals surface area contributed by atoms with E-state index in [9.17, 15) is 13.2 Å². The Hall–Kier alpha value is -1.60. The molecule has 2 aromatic rings. The fourth-order valence-electron chi connectivity index (χ4n) is 2.40. The van der Waals surface area contributed by atoms with Crippen LogP contribution in [0.4, 0.5) is 0 Å². The monoisotopic (exact) mass is 325 g/mol. The molecule has 1 atom stereocenters. The van der Waals surface area contributed by atoms with Crippen molar-refractivity contribution in [2.75, 3.05) is 0 Å². The predicted octanol–water partition coefficient (Wildman–Crippen LogP) is 2.35. The largest absolute Gasteiger partial charge is 0.323 e. The minimum absolute atomic E-state index is 0.121. The third kappa shape index (κ3) is 4.20. The molecule has 122 valence electrons. The first-order chi connectivity index (χ1) is 10.3. The van der Waals surface area contributed by atoms with Crippen molar-refractivity contribution < 1.29 is 8.42 Å². The van der Waals surface area contributed by atoms with E-state index in [4.69, 9.17) is 0 Å². The normalized spacial score (nSPS) is 13.8. The highest BCUT2D eigenvalue weighted by Gasteiger charge is 2.18. The summed E-state index contributed by atoms with van der Waals surface area (Å²) in [5.74, 6) is 0.622. The van der Waals surface area contributed by atoms with Gasteiger partial charge in [0.1, 0.15) is 0 Å². The Morgan fingerprint density at radius 1 is 1.09 bits per heavy atom. The molecule has 0 unspecified atom stereocenters. The number of hydrogen-bond donors (Lipinski definition) is 3. The van der Waals surface area contributed by atoms with Crippen molar-refractivity contribution in [1.29, 1.82) is 0 Å². The van der Waals surface area contributed by atoms with Gasteiger partial charge in [-0.05, 0) is 37.5 Å². The van der Waals surface area contributed by atoms with Crippen LogP contribution in [0.5, 0.6) is 0 Å². The number of nitrogens with one attached hydrogen (secondary N) is 3. The number of benzene rings is 1. The number of aromatic amines is 2. The van der Waals surface area contributed by atoms with Crippen molar-refractivity contribution in [1.82, 2.24) is 14.7 Å². The Bertz CT molecular complexity index is 790. The molecule has 3 N–H and O–H groups in total. The summed E-state index contributed by atoms with van der Waals surface area (Å²) in [6.45, 7) is 6.18. The smallest absolute Gasteiger partial charge is 0.306 e. The fourth-order valence-corrected chi connectivity index (χ4v) is 3.71. The van der Waals surface area contributed by atoms with Gasteiger partial charge in [-0.25, -0.2) is 17.9 Å². The van der Waals surface area contributed by atoms with Crippen molar-refractivity contribution in [3.63, 3.8) is 0 Å². The second kappa shape index (κ2) is 6.66. The predicted molar refractivity (Wildman–Crippen MR) is 87.4 cm³/mol. The summed E-state index contributed by atoms with van der Waals surface area (Å²) in [4.78, 5) is 16.5. The number of H-pyrrole nitrogens is 2. The van der Waals surface area contributed by atoms with E-state index < -0.39 is 10.0 Å². The van der Waals surface area contributed by atoms with Gasteiger partial charge in [-0.15, -0.1) is 0 Å². The van der Waals surface area contributed by atoms with E-state index in [1.807, 2.05) is 6.92 Å². The molecule has 0 aliphatic rings. The lowest BCUT2D eigenvalue weighted by Crippen LogP contribution is -2.32. The van der Waals surface area contributed by atoms with E-state index in [-0.39, 0.29) is 16.6 Å². The van der Waals surface area contributed by atoms with Gasteiger partial charge in [-0.2, -0.15) is 0 Å². The number of sulfonamides is 1. The quantitative estimate of drug-likeness (QED) is 0.729. The van der Waals surface area contributed by atoms with Crippen molar-refractivity contribution in [3.05, 3.63) is 28.7 Å². The average Bonchev–Trinajstić information content (AvgIpc) is 2.76. The summed E-state index contributed by atoms with van der Waals surface area (Å²) in [5, 5.41) is 0. The molecular formula is C15H23N3O3S. The number of imidazole rings is 1. The van der Waals surface area contributed by atoms with Crippen LogP contribution in [0.2, 0.25) is 0 Å². The van der Waals surface area contributed by atoms with Crippen LogP contribution >= 0.6 is 0 Å². The van der Waals surface area contributed by atoms with Gasteiger partial charge in [-0.1, -0.05) is 26.7 Å². The van der Waals surface area contributed by atoms with Gasteiger partial charge in [0.15, 0.2) is 0 Å². The molecule has 0 fully saturated rings. The van der Waals surface area contributed by atoms with E-state index in [1.54, 1.807) is 6.07 Å². The molecule has 0 aliphatic carbocycles. The highest BCUT2D eigenvalue weighted by molar-refractivity contribution is 7.89. The molecule has 0 amide bonds. The lowest BCUT2D eigenvalue weighted by molar-refractivity contribution is 0.488. The Morgan fingerprint density at radius 2 is 1.77 bits per heavy atom. The van der Waals surface area contributed by atoms with Crippen LogP contribution in [-0.2, 0) is 10.0 Å². The second-order valence-corrected chi connectivity index (χ2v) is 7.85. The number of hydrogen-bond acceptors (Lipinski definition) is 3. The van der Waals surface area contributed by atoms with Crippen LogP contribution in [0.1, 0.15) is 40.0 Å². The Kier molecular flexibility index (Phi) is 5.08. The maximum atomic E-state index is 12.4. The summed E-state index contributed by atoms with van der Waals surface area (Å²) >= 11 is 0. The maximum Gasteiger partial charge on any atom is 0.323 e. The summed E-state index contributed by atoms with van der Waals surface area (Å²) in [7, 11) is -3.58. The number of fused-ring (bicyclic) bond motifs is 1. The lowest BCUT2D eigenvalue weighted by Gasteiger charge is -2.15. The molecule has 0 saturated heterocycles. The number of rotatable bonds is 7. The minimum atomic E-state index is -3.58. The lowest BCUT2D eigenvalue weighted by atomic mass is 10.0. The number of aromatic nitrogens is 2.